The minimum absolute atomic E-state index is 0.170. The molecular formula is C18H18N4O4S. The zero-order valence-corrected chi connectivity index (χ0v) is 15.4. The second-order valence-electron chi connectivity index (χ2n) is 5.74. The molecule has 0 saturated heterocycles. The molecule has 0 fully saturated rings. The first-order valence-electron chi connectivity index (χ1n) is 8.19. The number of amides is 1. The molecule has 0 aliphatic rings. The van der Waals surface area contributed by atoms with Gasteiger partial charge in [0.05, 0.1) is 4.90 Å². The zero-order valence-electron chi connectivity index (χ0n) is 14.5. The van der Waals surface area contributed by atoms with Crippen LogP contribution in [0.4, 0.5) is 5.69 Å². The Kier molecular flexibility index (Phi) is 5.51. The Morgan fingerprint density at radius 1 is 1.07 bits per heavy atom. The van der Waals surface area contributed by atoms with Crippen molar-refractivity contribution in [3.8, 4) is 0 Å². The molecule has 2 N–H and O–H groups in total. The fourth-order valence-corrected chi connectivity index (χ4v) is 3.41. The molecule has 0 unspecified atom stereocenters. The highest BCUT2D eigenvalue weighted by Gasteiger charge is 2.14. The van der Waals surface area contributed by atoms with E-state index in [4.69, 9.17) is 4.52 Å². The van der Waals surface area contributed by atoms with E-state index in [1.807, 2.05) is 0 Å². The number of rotatable bonds is 7. The molecule has 0 spiro atoms. The summed E-state index contributed by atoms with van der Waals surface area (Å²) in [5, 5.41) is 6.42. The average molecular weight is 386 g/mol. The lowest BCUT2D eigenvalue weighted by Crippen LogP contribution is -2.25. The monoisotopic (exact) mass is 386 g/mol. The number of nitrogens with zero attached hydrogens (tertiary/aromatic N) is 2. The van der Waals surface area contributed by atoms with Crippen LogP contribution in [0.1, 0.15) is 22.1 Å². The molecule has 2 aromatic carbocycles. The molecule has 0 bridgehead atoms. The van der Waals surface area contributed by atoms with Crippen molar-refractivity contribution in [2.24, 2.45) is 0 Å². The molecule has 0 atom stereocenters. The molecular weight excluding hydrogens is 368 g/mol. The molecule has 1 aromatic heterocycles. The van der Waals surface area contributed by atoms with Crippen LogP contribution in [0, 0.1) is 6.92 Å². The second-order valence-corrected chi connectivity index (χ2v) is 7.42. The van der Waals surface area contributed by atoms with Crippen LogP contribution in [0.3, 0.4) is 0 Å². The maximum atomic E-state index is 12.3. The predicted octanol–water partition coefficient (Wildman–Crippen LogP) is 2.15. The van der Waals surface area contributed by atoms with Gasteiger partial charge in [-0.1, -0.05) is 23.4 Å². The van der Waals surface area contributed by atoms with Crippen molar-refractivity contribution >= 4 is 21.6 Å². The Labute approximate surface area is 156 Å². The largest absolute Gasteiger partial charge is 0.352 e. The number of aryl methyl sites for hydroxylation is 1. The van der Waals surface area contributed by atoms with Gasteiger partial charge in [0.25, 0.3) is 15.9 Å². The van der Waals surface area contributed by atoms with E-state index in [2.05, 4.69) is 20.2 Å². The summed E-state index contributed by atoms with van der Waals surface area (Å²) in [4.78, 5) is 16.4. The minimum Gasteiger partial charge on any atom is -0.352 e. The maximum absolute atomic E-state index is 12.3. The van der Waals surface area contributed by atoms with Gasteiger partial charge in [-0.15, -0.1) is 0 Å². The van der Waals surface area contributed by atoms with E-state index >= 15 is 0 Å². The van der Waals surface area contributed by atoms with Gasteiger partial charge >= 0.3 is 0 Å². The van der Waals surface area contributed by atoms with Gasteiger partial charge in [0, 0.05) is 24.2 Å². The van der Waals surface area contributed by atoms with Crippen molar-refractivity contribution in [2.75, 3.05) is 11.3 Å². The van der Waals surface area contributed by atoms with E-state index in [1.165, 1.54) is 24.3 Å². The molecule has 3 aromatic rings. The molecule has 3 rings (SSSR count). The summed E-state index contributed by atoms with van der Waals surface area (Å²) in [6.45, 7) is 2.07. The van der Waals surface area contributed by atoms with Gasteiger partial charge in [0.1, 0.15) is 0 Å². The lowest BCUT2D eigenvalue weighted by Gasteiger charge is -2.09. The van der Waals surface area contributed by atoms with E-state index in [0.29, 0.717) is 35.9 Å². The third-order valence-electron chi connectivity index (χ3n) is 3.65. The summed E-state index contributed by atoms with van der Waals surface area (Å²) in [5.41, 5.74) is 0.788. The first kappa shape index (κ1) is 18.6. The Hall–Kier alpha value is -3.20. The Balaban J connectivity index is 1.57. The van der Waals surface area contributed by atoms with Crippen LogP contribution >= 0.6 is 0 Å². The molecule has 8 nitrogen and oxygen atoms in total. The van der Waals surface area contributed by atoms with Gasteiger partial charge in [-0.3, -0.25) is 9.52 Å². The number of benzene rings is 2. The van der Waals surface area contributed by atoms with Crippen LogP contribution in [0.5, 0.6) is 0 Å². The molecule has 1 heterocycles. The SMILES string of the molecule is Cc1noc(CCNC(=O)c2ccc(NS(=O)(=O)c3ccccc3)cc2)n1. The van der Waals surface area contributed by atoms with E-state index < -0.39 is 10.0 Å². The second kappa shape index (κ2) is 8.00. The van der Waals surface area contributed by atoms with Gasteiger partial charge in [-0.25, -0.2) is 8.42 Å². The van der Waals surface area contributed by atoms with Crippen LogP contribution in [-0.4, -0.2) is 31.0 Å². The van der Waals surface area contributed by atoms with Crippen LogP contribution in [0.15, 0.2) is 64.0 Å². The fourth-order valence-electron chi connectivity index (χ4n) is 2.33. The van der Waals surface area contributed by atoms with E-state index in [1.54, 1.807) is 37.3 Å². The predicted molar refractivity (Wildman–Crippen MR) is 98.8 cm³/mol. The van der Waals surface area contributed by atoms with Crippen molar-refractivity contribution in [2.45, 2.75) is 18.2 Å². The van der Waals surface area contributed by atoms with E-state index in [-0.39, 0.29) is 10.8 Å². The lowest BCUT2D eigenvalue weighted by atomic mass is 10.2. The molecule has 27 heavy (non-hydrogen) atoms. The fraction of sp³-hybridized carbons (Fsp3) is 0.167. The molecule has 0 radical (unpaired) electrons. The molecule has 9 heteroatoms. The van der Waals surface area contributed by atoms with Gasteiger partial charge in [0.15, 0.2) is 5.82 Å². The van der Waals surface area contributed by atoms with Gasteiger partial charge in [-0.2, -0.15) is 4.98 Å². The molecule has 0 aliphatic heterocycles. The number of anilines is 1. The summed E-state index contributed by atoms with van der Waals surface area (Å²) >= 11 is 0. The first-order chi connectivity index (χ1) is 12.9. The summed E-state index contributed by atoms with van der Waals surface area (Å²) in [6, 6.07) is 14.2. The summed E-state index contributed by atoms with van der Waals surface area (Å²) in [5.74, 6) is 0.729. The quantitative estimate of drug-likeness (QED) is 0.643. The standard InChI is InChI=1S/C18H18N4O4S/c1-13-20-17(26-21-13)11-12-19-18(23)14-7-9-15(10-8-14)22-27(24,25)16-5-3-2-4-6-16/h2-10,22H,11-12H2,1H3,(H,19,23). The smallest absolute Gasteiger partial charge is 0.261 e. The van der Waals surface area contributed by atoms with Crippen LogP contribution < -0.4 is 10.0 Å². The lowest BCUT2D eigenvalue weighted by molar-refractivity contribution is 0.0953. The van der Waals surface area contributed by atoms with Gasteiger partial charge < -0.3 is 9.84 Å². The van der Waals surface area contributed by atoms with Crippen molar-refractivity contribution in [1.82, 2.24) is 15.5 Å². The molecule has 140 valence electrons. The molecule has 1 amide bonds. The highest BCUT2D eigenvalue weighted by atomic mass is 32.2. The zero-order chi connectivity index (χ0) is 19.3. The Bertz CT molecular complexity index is 1020. The van der Waals surface area contributed by atoms with Gasteiger partial charge in [0.2, 0.25) is 5.89 Å². The van der Waals surface area contributed by atoms with Gasteiger partial charge in [-0.05, 0) is 43.3 Å². The maximum Gasteiger partial charge on any atom is 0.261 e. The Morgan fingerprint density at radius 2 is 1.78 bits per heavy atom. The van der Waals surface area contributed by atoms with Crippen molar-refractivity contribution < 1.29 is 17.7 Å². The van der Waals surface area contributed by atoms with Crippen LogP contribution in [0.2, 0.25) is 0 Å². The third kappa shape index (κ3) is 4.91. The first-order valence-corrected chi connectivity index (χ1v) is 9.68. The summed E-state index contributed by atoms with van der Waals surface area (Å²) < 4.78 is 32.0. The summed E-state index contributed by atoms with van der Waals surface area (Å²) in [6.07, 6.45) is 0.432. The minimum atomic E-state index is -3.66. The highest BCUT2D eigenvalue weighted by Crippen LogP contribution is 2.16. The van der Waals surface area contributed by atoms with Crippen molar-refractivity contribution in [1.29, 1.82) is 0 Å². The molecule has 0 aliphatic carbocycles. The van der Waals surface area contributed by atoms with Crippen molar-refractivity contribution in [3.63, 3.8) is 0 Å². The molecule has 0 saturated carbocycles. The van der Waals surface area contributed by atoms with Crippen molar-refractivity contribution in [3.05, 3.63) is 71.9 Å². The van der Waals surface area contributed by atoms with Crippen LogP contribution in [-0.2, 0) is 16.4 Å². The summed E-state index contributed by atoms with van der Waals surface area (Å²) in [7, 11) is -3.66. The Morgan fingerprint density at radius 3 is 2.41 bits per heavy atom. The number of aromatic nitrogens is 2. The number of sulfonamides is 1. The normalized spacial score (nSPS) is 11.1. The number of carbonyl (C=O) groups is 1. The van der Waals surface area contributed by atoms with E-state index in [0.717, 1.165) is 0 Å². The number of carbonyl (C=O) groups excluding carboxylic acids is 1. The average Bonchev–Trinajstić information content (AvgIpc) is 3.08. The third-order valence-corrected chi connectivity index (χ3v) is 5.04. The highest BCUT2D eigenvalue weighted by molar-refractivity contribution is 7.92. The topological polar surface area (TPSA) is 114 Å². The van der Waals surface area contributed by atoms with Crippen LogP contribution in [0.25, 0.3) is 0 Å². The number of hydrogen-bond acceptors (Lipinski definition) is 6. The van der Waals surface area contributed by atoms with E-state index in [9.17, 15) is 13.2 Å². The number of hydrogen-bond donors (Lipinski definition) is 2. The number of nitrogens with one attached hydrogen (secondary N) is 2.